The van der Waals surface area contributed by atoms with Crippen LogP contribution in [0, 0.1) is 5.92 Å². The van der Waals surface area contributed by atoms with Crippen LogP contribution >= 0.6 is 23.4 Å². The Morgan fingerprint density at radius 3 is 2.80 bits per heavy atom. The molecule has 1 aliphatic rings. The van der Waals surface area contributed by atoms with Gasteiger partial charge < -0.3 is 5.32 Å². The monoisotopic (exact) mass is 311 g/mol. The third-order valence-electron chi connectivity index (χ3n) is 4.13. The van der Waals surface area contributed by atoms with Crippen LogP contribution in [0.3, 0.4) is 0 Å². The normalized spacial score (nSPS) is 22.3. The Hall–Kier alpha value is -0.180. The first-order chi connectivity index (χ1) is 9.79. The van der Waals surface area contributed by atoms with Gasteiger partial charge in [0.15, 0.2) is 0 Å². The molecule has 0 spiro atoms. The smallest absolute Gasteiger partial charge is 0.0406 e. The van der Waals surface area contributed by atoms with Gasteiger partial charge in [-0.15, -0.1) is 0 Å². The Morgan fingerprint density at radius 1 is 1.25 bits per heavy atom. The molecule has 1 saturated carbocycles. The van der Waals surface area contributed by atoms with E-state index < -0.39 is 0 Å². The first-order valence-corrected chi connectivity index (χ1v) is 9.38. The van der Waals surface area contributed by atoms with E-state index >= 15 is 0 Å². The van der Waals surface area contributed by atoms with E-state index in [4.69, 9.17) is 11.6 Å². The zero-order chi connectivity index (χ0) is 14.2. The first kappa shape index (κ1) is 16.2. The second-order valence-electron chi connectivity index (χ2n) is 5.72. The van der Waals surface area contributed by atoms with Gasteiger partial charge in [0.25, 0.3) is 0 Å². The van der Waals surface area contributed by atoms with E-state index in [0.29, 0.717) is 0 Å². The van der Waals surface area contributed by atoms with E-state index in [-0.39, 0.29) is 0 Å². The van der Waals surface area contributed by atoms with Crippen LogP contribution in [0.1, 0.15) is 44.6 Å². The minimum absolute atomic E-state index is 0.783. The number of hydrogen-bond donors (Lipinski definition) is 1. The fraction of sp³-hybridized carbons (Fsp3) is 0.647. The Kier molecular flexibility index (Phi) is 7.26. The van der Waals surface area contributed by atoms with Crippen LogP contribution in [0.25, 0.3) is 0 Å². The maximum Gasteiger partial charge on any atom is 0.0406 e. The number of rotatable bonds is 8. The molecule has 1 aliphatic carbocycles. The second kappa shape index (κ2) is 8.96. The van der Waals surface area contributed by atoms with E-state index in [0.717, 1.165) is 22.7 Å². The second-order valence-corrected chi connectivity index (χ2v) is 7.26. The van der Waals surface area contributed by atoms with E-state index in [9.17, 15) is 0 Å². The predicted molar refractivity (Wildman–Crippen MR) is 91.7 cm³/mol. The average Bonchev–Trinajstić information content (AvgIpc) is 2.91. The topological polar surface area (TPSA) is 12.0 Å². The highest BCUT2D eigenvalue weighted by Gasteiger charge is 2.25. The highest BCUT2D eigenvalue weighted by molar-refractivity contribution is 7.98. The number of nitrogens with one attached hydrogen (secondary N) is 1. The fourth-order valence-electron chi connectivity index (χ4n) is 2.99. The lowest BCUT2D eigenvalue weighted by Crippen LogP contribution is -2.33. The summed E-state index contributed by atoms with van der Waals surface area (Å²) in [6.45, 7) is 3.43. The van der Waals surface area contributed by atoms with Gasteiger partial charge in [0.2, 0.25) is 0 Å². The van der Waals surface area contributed by atoms with Crippen LogP contribution in [0.2, 0.25) is 5.02 Å². The van der Waals surface area contributed by atoms with Crippen molar-refractivity contribution < 1.29 is 0 Å². The van der Waals surface area contributed by atoms with Crippen LogP contribution < -0.4 is 5.32 Å². The Bertz CT molecular complexity index is 379. The molecular weight excluding hydrogens is 286 g/mol. The van der Waals surface area contributed by atoms with Gasteiger partial charge in [0.05, 0.1) is 0 Å². The third-order valence-corrected chi connectivity index (χ3v) is 5.44. The fourth-order valence-corrected chi connectivity index (χ4v) is 4.15. The Morgan fingerprint density at radius 2 is 2.05 bits per heavy atom. The molecule has 0 amide bonds. The molecule has 1 nitrogen and oxygen atoms in total. The molecule has 1 fully saturated rings. The maximum atomic E-state index is 5.90. The van der Waals surface area contributed by atoms with Gasteiger partial charge in [-0.05, 0) is 61.6 Å². The largest absolute Gasteiger partial charge is 0.314 e. The summed E-state index contributed by atoms with van der Waals surface area (Å²) in [5.41, 5.74) is 1.38. The molecule has 1 aromatic rings. The quantitative estimate of drug-likeness (QED) is 0.668. The van der Waals surface area contributed by atoms with Crippen molar-refractivity contribution in [1.29, 1.82) is 0 Å². The summed E-state index contributed by atoms with van der Waals surface area (Å²) in [6, 6.07) is 9.02. The van der Waals surface area contributed by atoms with Crippen molar-refractivity contribution in [2.24, 2.45) is 5.92 Å². The van der Waals surface area contributed by atoms with Crippen molar-refractivity contribution in [3.05, 3.63) is 34.9 Å². The zero-order valence-corrected chi connectivity index (χ0v) is 14.0. The van der Waals surface area contributed by atoms with Crippen molar-refractivity contribution in [1.82, 2.24) is 5.32 Å². The number of hydrogen-bond acceptors (Lipinski definition) is 2. The van der Waals surface area contributed by atoms with Gasteiger partial charge in [-0.3, -0.25) is 0 Å². The van der Waals surface area contributed by atoms with E-state index in [1.54, 1.807) is 0 Å². The molecule has 2 unspecified atom stereocenters. The molecule has 1 aromatic carbocycles. The van der Waals surface area contributed by atoms with Gasteiger partial charge in [0, 0.05) is 16.8 Å². The average molecular weight is 312 g/mol. The predicted octanol–water partition coefficient (Wildman–Crippen LogP) is 5.13. The molecule has 20 heavy (non-hydrogen) atoms. The summed E-state index contributed by atoms with van der Waals surface area (Å²) >= 11 is 7.96. The van der Waals surface area contributed by atoms with Gasteiger partial charge in [-0.1, -0.05) is 37.1 Å². The van der Waals surface area contributed by atoms with Crippen LogP contribution in [0.5, 0.6) is 0 Å². The summed E-state index contributed by atoms with van der Waals surface area (Å²) < 4.78 is 0. The summed E-state index contributed by atoms with van der Waals surface area (Å²) in [5.74, 6) is 3.29. The SMILES string of the molecule is CCCNC1CCCC1CCSCc1ccc(Cl)cc1. The zero-order valence-electron chi connectivity index (χ0n) is 12.4. The van der Waals surface area contributed by atoms with Gasteiger partial charge in [0.1, 0.15) is 0 Å². The Labute approximate surface area is 132 Å². The summed E-state index contributed by atoms with van der Waals surface area (Å²) in [7, 11) is 0. The standard InChI is InChI=1S/C17H26ClNS/c1-2-11-19-17-5-3-4-15(17)10-12-20-13-14-6-8-16(18)9-7-14/h6-9,15,17,19H,2-5,10-13H2,1H3. The van der Waals surface area contributed by atoms with Gasteiger partial charge in [-0.2, -0.15) is 11.8 Å². The lowest BCUT2D eigenvalue weighted by Gasteiger charge is -2.20. The molecule has 2 atom stereocenters. The van der Waals surface area contributed by atoms with Gasteiger partial charge >= 0.3 is 0 Å². The van der Waals surface area contributed by atoms with Crippen molar-refractivity contribution >= 4 is 23.4 Å². The number of thioether (sulfide) groups is 1. The molecule has 2 rings (SSSR count). The molecule has 3 heteroatoms. The van der Waals surface area contributed by atoms with Crippen molar-refractivity contribution in [3.8, 4) is 0 Å². The molecule has 0 heterocycles. The van der Waals surface area contributed by atoms with Crippen LogP contribution in [-0.4, -0.2) is 18.3 Å². The molecule has 0 saturated heterocycles. The maximum absolute atomic E-state index is 5.90. The molecule has 0 radical (unpaired) electrons. The first-order valence-electron chi connectivity index (χ1n) is 7.85. The van der Waals surface area contributed by atoms with Crippen LogP contribution in [0.4, 0.5) is 0 Å². The third kappa shape index (κ3) is 5.31. The van der Waals surface area contributed by atoms with Crippen LogP contribution in [0.15, 0.2) is 24.3 Å². The number of halogens is 1. The van der Waals surface area contributed by atoms with Crippen molar-refractivity contribution in [3.63, 3.8) is 0 Å². The summed E-state index contributed by atoms with van der Waals surface area (Å²) in [6.07, 6.45) is 6.82. The highest BCUT2D eigenvalue weighted by Crippen LogP contribution is 2.30. The minimum atomic E-state index is 0.783. The molecule has 112 valence electrons. The van der Waals surface area contributed by atoms with Crippen molar-refractivity contribution in [2.75, 3.05) is 12.3 Å². The molecular formula is C17H26ClNS. The minimum Gasteiger partial charge on any atom is -0.314 e. The van der Waals surface area contributed by atoms with E-state index in [1.165, 1.54) is 50.0 Å². The number of benzene rings is 1. The molecule has 1 N–H and O–H groups in total. The molecule has 0 bridgehead atoms. The van der Waals surface area contributed by atoms with Gasteiger partial charge in [-0.25, -0.2) is 0 Å². The summed E-state index contributed by atoms with van der Waals surface area (Å²) in [4.78, 5) is 0. The lowest BCUT2D eigenvalue weighted by molar-refractivity contribution is 0.393. The molecule has 0 aromatic heterocycles. The van der Waals surface area contributed by atoms with Crippen molar-refractivity contribution in [2.45, 2.75) is 50.8 Å². The van der Waals surface area contributed by atoms with Crippen LogP contribution in [-0.2, 0) is 5.75 Å². The van der Waals surface area contributed by atoms with E-state index in [2.05, 4.69) is 36.1 Å². The molecule has 0 aliphatic heterocycles. The summed E-state index contributed by atoms with van der Waals surface area (Å²) in [5, 5.41) is 4.55. The lowest BCUT2D eigenvalue weighted by atomic mass is 10.0. The highest BCUT2D eigenvalue weighted by atomic mass is 35.5. The Balaban J connectivity index is 1.63. The van der Waals surface area contributed by atoms with E-state index in [1.807, 2.05) is 12.1 Å².